The molecule has 2 rings (SSSR count). The van der Waals surface area contributed by atoms with E-state index in [1.165, 1.54) is 12.3 Å². The smallest absolute Gasteiger partial charge is 0.267 e. The van der Waals surface area contributed by atoms with Crippen LogP contribution in [0.3, 0.4) is 0 Å². The van der Waals surface area contributed by atoms with Crippen LogP contribution in [0.4, 0.5) is 13.2 Å². The Balaban J connectivity index is 2.15. The highest BCUT2D eigenvalue weighted by Crippen LogP contribution is 2.27. The van der Waals surface area contributed by atoms with Crippen LogP contribution in [-0.2, 0) is 19.1 Å². The quantitative estimate of drug-likeness (QED) is 0.858. The van der Waals surface area contributed by atoms with Crippen molar-refractivity contribution in [3.8, 4) is 0 Å². The average molecular weight is 334 g/mol. The second-order valence-corrected chi connectivity index (χ2v) is 4.80. The molecule has 0 bridgehead atoms. The van der Waals surface area contributed by atoms with Gasteiger partial charge in [-0.3, -0.25) is 9.67 Å². The van der Waals surface area contributed by atoms with E-state index in [0.717, 1.165) is 22.7 Å². The van der Waals surface area contributed by atoms with E-state index in [0.29, 0.717) is 12.1 Å². The lowest BCUT2D eigenvalue weighted by atomic mass is 10.2. The third kappa shape index (κ3) is 3.34. The molecule has 7 heteroatoms. The second kappa shape index (κ2) is 5.32. The molecule has 0 N–H and O–H groups in total. The van der Waals surface area contributed by atoms with E-state index in [1.807, 2.05) is 13.1 Å². The minimum atomic E-state index is -4.40. The normalized spacial score (nSPS) is 11.8. The molecule has 0 radical (unpaired) electrons. The largest absolute Gasteiger partial charge is 0.433 e. The molecule has 2 heterocycles. The summed E-state index contributed by atoms with van der Waals surface area (Å²) in [6, 6.07) is 2.39. The van der Waals surface area contributed by atoms with Crippen LogP contribution in [0, 0.1) is 0 Å². The maximum absolute atomic E-state index is 12.4. The van der Waals surface area contributed by atoms with Gasteiger partial charge in [0.1, 0.15) is 10.3 Å². The lowest BCUT2D eigenvalue weighted by molar-refractivity contribution is -0.141. The van der Waals surface area contributed by atoms with Crippen molar-refractivity contribution in [3.63, 3.8) is 0 Å². The van der Waals surface area contributed by atoms with Gasteiger partial charge in [-0.2, -0.15) is 18.3 Å². The van der Waals surface area contributed by atoms with Gasteiger partial charge in [0.05, 0.1) is 6.54 Å². The molecule has 0 saturated carbocycles. The molecule has 2 aromatic heterocycles. The zero-order valence-electron chi connectivity index (χ0n) is 10.1. The number of pyridine rings is 1. The molecule has 3 nitrogen and oxygen atoms in total. The van der Waals surface area contributed by atoms with E-state index in [9.17, 15) is 13.2 Å². The van der Waals surface area contributed by atoms with Crippen LogP contribution in [0.25, 0.3) is 0 Å². The van der Waals surface area contributed by atoms with Crippen molar-refractivity contribution in [1.29, 1.82) is 0 Å². The van der Waals surface area contributed by atoms with Gasteiger partial charge in [0.15, 0.2) is 0 Å². The summed E-state index contributed by atoms with van der Waals surface area (Å²) < 4.78 is 39.5. The number of halogens is 4. The fraction of sp³-hybridized carbons (Fsp3) is 0.333. The molecule has 0 aromatic carbocycles. The Morgan fingerprint density at radius 2 is 2.05 bits per heavy atom. The number of rotatable bonds is 3. The summed E-state index contributed by atoms with van der Waals surface area (Å²) in [5, 5.41) is 4.23. The molecule has 0 aliphatic carbocycles. The fourth-order valence-electron chi connectivity index (χ4n) is 1.63. The highest BCUT2D eigenvalue weighted by atomic mass is 79.9. The molecule has 0 amide bonds. The summed E-state index contributed by atoms with van der Waals surface area (Å²) in [5.74, 6) is 0. The first-order valence-electron chi connectivity index (χ1n) is 5.64. The molecule has 2 aromatic rings. The molecular formula is C12H11BrF3N3. The number of hydrogen-bond donors (Lipinski definition) is 0. The van der Waals surface area contributed by atoms with Crippen molar-refractivity contribution in [2.75, 3.05) is 0 Å². The molecule has 0 aliphatic heterocycles. The number of hydrogen-bond acceptors (Lipinski definition) is 2. The molecule has 0 saturated heterocycles. The van der Waals surface area contributed by atoms with Crippen molar-refractivity contribution in [3.05, 3.63) is 46.0 Å². The maximum Gasteiger partial charge on any atom is 0.433 e. The van der Waals surface area contributed by atoms with Crippen LogP contribution in [0.5, 0.6) is 0 Å². The first kappa shape index (κ1) is 14.0. The van der Waals surface area contributed by atoms with E-state index in [-0.39, 0.29) is 0 Å². The van der Waals surface area contributed by atoms with Crippen molar-refractivity contribution in [1.82, 2.24) is 14.8 Å². The standard InChI is InChI=1S/C12H11BrF3N3/c1-2-9-7-19(18-11(9)13)6-8-3-4-10(17-5-8)12(14,15)16/h3-5,7H,2,6H2,1H3. The van der Waals surface area contributed by atoms with Gasteiger partial charge in [0, 0.05) is 18.0 Å². The summed E-state index contributed by atoms with van der Waals surface area (Å²) in [7, 11) is 0. The number of nitrogens with zero attached hydrogens (tertiary/aromatic N) is 3. The predicted octanol–water partition coefficient (Wildman–Crippen LogP) is 3.67. The van der Waals surface area contributed by atoms with Crippen molar-refractivity contribution in [2.45, 2.75) is 26.1 Å². The van der Waals surface area contributed by atoms with E-state index in [1.54, 1.807) is 4.68 Å². The van der Waals surface area contributed by atoms with Gasteiger partial charge in [0.2, 0.25) is 0 Å². The van der Waals surface area contributed by atoms with Crippen molar-refractivity contribution < 1.29 is 13.2 Å². The van der Waals surface area contributed by atoms with Crippen LogP contribution < -0.4 is 0 Å². The van der Waals surface area contributed by atoms with Crippen molar-refractivity contribution >= 4 is 15.9 Å². The minimum Gasteiger partial charge on any atom is -0.267 e. The highest BCUT2D eigenvalue weighted by Gasteiger charge is 2.31. The first-order valence-corrected chi connectivity index (χ1v) is 6.43. The monoisotopic (exact) mass is 333 g/mol. The third-order valence-corrected chi connectivity index (χ3v) is 3.29. The molecule has 0 unspecified atom stereocenters. The minimum absolute atomic E-state index is 0.393. The Hall–Kier alpha value is -1.37. The summed E-state index contributed by atoms with van der Waals surface area (Å²) >= 11 is 3.33. The summed E-state index contributed by atoms with van der Waals surface area (Å²) in [6.07, 6.45) is -0.472. The van der Waals surface area contributed by atoms with Crippen molar-refractivity contribution in [2.24, 2.45) is 0 Å². The van der Waals surface area contributed by atoms with Gasteiger partial charge in [-0.05, 0) is 34.0 Å². The van der Waals surface area contributed by atoms with Crippen LogP contribution in [0.15, 0.2) is 29.1 Å². The van der Waals surface area contributed by atoms with Gasteiger partial charge < -0.3 is 0 Å². The van der Waals surface area contributed by atoms with Gasteiger partial charge in [-0.1, -0.05) is 13.0 Å². The van der Waals surface area contributed by atoms with Gasteiger partial charge in [0.25, 0.3) is 0 Å². The number of alkyl halides is 3. The number of aromatic nitrogens is 3. The van der Waals surface area contributed by atoms with E-state index < -0.39 is 11.9 Å². The first-order chi connectivity index (χ1) is 8.90. The van der Waals surface area contributed by atoms with E-state index >= 15 is 0 Å². The fourth-order valence-corrected chi connectivity index (χ4v) is 2.22. The summed E-state index contributed by atoms with van der Waals surface area (Å²) in [4.78, 5) is 3.42. The lowest BCUT2D eigenvalue weighted by Gasteiger charge is -2.06. The zero-order chi connectivity index (χ0) is 14.0. The Morgan fingerprint density at radius 1 is 1.32 bits per heavy atom. The summed E-state index contributed by atoms with van der Waals surface area (Å²) in [6.45, 7) is 2.40. The van der Waals surface area contributed by atoms with E-state index in [2.05, 4.69) is 26.0 Å². The third-order valence-electron chi connectivity index (χ3n) is 2.63. The molecule has 102 valence electrons. The predicted molar refractivity (Wildman–Crippen MR) is 67.6 cm³/mol. The maximum atomic E-state index is 12.4. The zero-order valence-corrected chi connectivity index (χ0v) is 11.7. The van der Waals surface area contributed by atoms with Crippen LogP contribution in [-0.4, -0.2) is 14.8 Å². The molecule has 0 atom stereocenters. The highest BCUT2D eigenvalue weighted by molar-refractivity contribution is 9.10. The van der Waals surface area contributed by atoms with E-state index in [4.69, 9.17) is 0 Å². The molecule has 19 heavy (non-hydrogen) atoms. The Morgan fingerprint density at radius 3 is 2.53 bits per heavy atom. The average Bonchev–Trinajstić information content (AvgIpc) is 2.69. The second-order valence-electron chi connectivity index (χ2n) is 4.05. The summed E-state index contributed by atoms with van der Waals surface area (Å²) in [5.41, 5.74) is 0.845. The molecular weight excluding hydrogens is 323 g/mol. The van der Waals surface area contributed by atoms with Gasteiger partial charge in [-0.15, -0.1) is 0 Å². The molecule has 0 spiro atoms. The van der Waals surface area contributed by atoms with Crippen LogP contribution >= 0.6 is 15.9 Å². The Bertz CT molecular complexity index is 561. The topological polar surface area (TPSA) is 30.7 Å². The van der Waals surface area contributed by atoms with Gasteiger partial charge >= 0.3 is 6.18 Å². The lowest BCUT2D eigenvalue weighted by Crippen LogP contribution is -2.08. The Kier molecular flexibility index (Phi) is 3.93. The van der Waals surface area contributed by atoms with Gasteiger partial charge in [-0.25, -0.2) is 0 Å². The SMILES string of the molecule is CCc1cn(Cc2ccc(C(F)(F)F)nc2)nc1Br. The van der Waals surface area contributed by atoms with Crippen LogP contribution in [0.1, 0.15) is 23.7 Å². The Labute approximate surface area is 116 Å². The van der Waals surface area contributed by atoms with Crippen LogP contribution in [0.2, 0.25) is 0 Å². The molecule has 0 aliphatic rings. The molecule has 0 fully saturated rings. The number of aryl methyl sites for hydroxylation is 1.